The molecule has 4 rings (SSSR count). The normalized spacial score (nSPS) is 14.4. The van der Waals surface area contributed by atoms with Crippen molar-refractivity contribution < 1.29 is 9.05 Å². The molecule has 1 aliphatic carbocycles. The summed E-state index contributed by atoms with van der Waals surface area (Å²) in [5.74, 6) is 0. The number of pyridine rings is 1. The average Bonchev–Trinajstić information content (AvgIpc) is 3.57. The molecule has 0 amide bonds. The van der Waals surface area contributed by atoms with Gasteiger partial charge in [-0.25, -0.2) is 4.57 Å². The van der Waals surface area contributed by atoms with E-state index in [1.807, 2.05) is 22.7 Å². The summed E-state index contributed by atoms with van der Waals surface area (Å²) in [5.41, 5.74) is 4.26. The van der Waals surface area contributed by atoms with Crippen molar-refractivity contribution in [2.45, 2.75) is 66.8 Å². The number of aryl methyl sites for hydroxylation is 1. The number of aromatic nitrogens is 1. The van der Waals surface area contributed by atoms with Crippen LogP contribution in [0.2, 0.25) is 0 Å². The molecule has 3 heterocycles. The van der Waals surface area contributed by atoms with E-state index in [1.54, 1.807) is 0 Å². The maximum Gasteiger partial charge on any atom is 0.169 e. The fourth-order valence-corrected chi connectivity index (χ4v) is 8.29. The van der Waals surface area contributed by atoms with Crippen LogP contribution in [0.5, 0.6) is 0 Å². The van der Waals surface area contributed by atoms with E-state index in [-0.39, 0.29) is 5.41 Å². The Morgan fingerprint density at radius 1 is 0.861 bits per heavy atom. The lowest BCUT2D eigenvalue weighted by molar-refractivity contribution is -0.925. The molecule has 0 bridgehead atoms. The second-order valence-electron chi connectivity index (χ2n) is 10.6. The van der Waals surface area contributed by atoms with Crippen molar-refractivity contribution in [3.8, 4) is 11.1 Å². The molecule has 1 aliphatic rings. The lowest BCUT2D eigenvalue weighted by Gasteiger charge is -2.35. The summed E-state index contributed by atoms with van der Waals surface area (Å²) in [6.45, 7) is 24.4. The minimum Gasteiger partial charge on any atom is -0.364 e. The molecule has 0 unspecified atom stereocenters. The molecule has 3 aromatic rings. The largest absolute Gasteiger partial charge is 0.364 e. The van der Waals surface area contributed by atoms with Gasteiger partial charge in [-0.05, 0) is 69.5 Å². The monoisotopic (exact) mass is 523 g/mol. The highest BCUT2D eigenvalue weighted by Crippen LogP contribution is 2.57. The Morgan fingerprint density at radius 2 is 1.47 bits per heavy atom. The van der Waals surface area contributed by atoms with Crippen LogP contribution in [0.3, 0.4) is 0 Å². The molecule has 0 fully saturated rings. The molecule has 36 heavy (non-hydrogen) atoms. The molecule has 0 N–H and O–H groups in total. The van der Waals surface area contributed by atoms with E-state index in [0.29, 0.717) is 0 Å². The summed E-state index contributed by atoms with van der Waals surface area (Å²) in [6, 6.07) is 9.33. The van der Waals surface area contributed by atoms with Gasteiger partial charge in [0, 0.05) is 45.3 Å². The molecule has 5 heteroatoms. The Morgan fingerprint density at radius 3 is 2.08 bits per heavy atom. The second kappa shape index (κ2) is 11.2. The van der Waals surface area contributed by atoms with Gasteiger partial charge in [-0.3, -0.25) is 0 Å². The summed E-state index contributed by atoms with van der Waals surface area (Å²) in [4.78, 5) is 6.86. The van der Waals surface area contributed by atoms with Crippen molar-refractivity contribution in [1.29, 1.82) is 0 Å². The van der Waals surface area contributed by atoms with Crippen molar-refractivity contribution in [2.24, 2.45) is 0 Å². The third-order valence-electron chi connectivity index (χ3n) is 8.39. The van der Waals surface area contributed by atoms with Crippen LogP contribution in [0.15, 0.2) is 36.7 Å². The minimum absolute atomic E-state index is 0.0966. The van der Waals surface area contributed by atoms with Crippen LogP contribution in [0.25, 0.3) is 23.3 Å². The predicted molar refractivity (Wildman–Crippen MR) is 160 cm³/mol. The molecule has 3 aromatic heterocycles. The molecule has 0 aromatic carbocycles. The smallest absolute Gasteiger partial charge is 0.169 e. The van der Waals surface area contributed by atoms with Crippen molar-refractivity contribution >= 4 is 39.8 Å². The lowest BCUT2D eigenvalue weighted by Crippen LogP contribution is -2.49. The number of quaternary nitrogens is 1. The molecule has 0 atom stereocenters. The summed E-state index contributed by atoms with van der Waals surface area (Å²) in [7, 11) is 0. The molecule has 0 aliphatic heterocycles. The highest BCUT2D eigenvalue weighted by atomic mass is 32.1. The molecule has 0 saturated heterocycles. The maximum atomic E-state index is 2.47. The first kappa shape index (κ1) is 27.1. The van der Waals surface area contributed by atoms with Gasteiger partial charge in [0.25, 0.3) is 0 Å². The minimum atomic E-state index is 0.0966. The topological polar surface area (TPSA) is 7.12 Å². The van der Waals surface area contributed by atoms with Crippen molar-refractivity contribution in [3.05, 3.63) is 56.9 Å². The van der Waals surface area contributed by atoms with Crippen LogP contribution >= 0.6 is 22.7 Å². The maximum absolute atomic E-state index is 2.47. The summed E-state index contributed by atoms with van der Waals surface area (Å²) in [5, 5.41) is 1.41. The average molecular weight is 524 g/mol. The fraction of sp³-hybridized carbons (Fsp3) is 0.516. The van der Waals surface area contributed by atoms with Crippen LogP contribution in [0, 0.1) is 0 Å². The van der Waals surface area contributed by atoms with Gasteiger partial charge in [-0.15, -0.1) is 22.7 Å². The number of anilines is 1. The summed E-state index contributed by atoms with van der Waals surface area (Å²) >= 11 is 3.94. The predicted octanol–water partition coefficient (Wildman–Crippen LogP) is 7.69. The van der Waals surface area contributed by atoms with Gasteiger partial charge in [0.1, 0.15) is 0 Å². The zero-order valence-corrected chi connectivity index (χ0v) is 25.1. The van der Waals surface area contributed by atoms with Gasteiger partial charge in [0.05, 0.1) is 37.6 Å². The zero-order chi connectivity index (χ0) is 25.9. The van der Waals surface area contributed by atoms with Gasteiger partial charge in [0.2, 0.25) is 0 Å². The lowest BCUT2D eigenvalue weighted by atomic mass is 9.94. The van der Waals surface area contributed by atoms with E-state index in [4.69, 9.17) is 0 Å². The van der Waals surface area contributed by atoms with Crippen molar-refractivity contribution in [1.82, 2.24) is 0 Å². The van der Waals surface area contributed by atoms with Crippen LogP contribution in [-0.2, 0) is 12.0 Å². The molecule has 3 nitrogen and oxygen atoms in total. The van der Waals surface area contributed by atoms with Crippen molar-refractivity contribution in [3.63, 3.8) is 0 Å². The van der Waals surface area contributed by atoms with E-state index in [2.05, 4.69) is 107 Å². The van der Waals surface area contributed by atoms with E-state index in [0.717, 1.165) is 19.6 Å². The first-order valence-corrected chi connectivity index (χ1v) is 15.5. The van der Waals surface area contributed by atoms with E-state index >= 15 is 0 Å². The number of nitrogens with zero attached hydrogens (tertiary/aromatic N) is 3. The Kier molecular flexibility index (Phi) is 8.43. The Labute approximate surface area is 227 Å². The Bertz CT molecular complexity index is 1170. The molecule has 0 radical (unpaired) electrons. The van der Waals surface area contributed by atoms with E-state index in [9.17, 15) is 0 Å². The van der Waals surface area contributed by atoms with Crippen LogP contribution in [-0.4, -0.2) is 43.8 Å². The summed E-state index contributed by atoms with van der Waals surface area (Å²) < 4.78 is 3.56. The third kappa shape index (κ3) is 5.20. The Hall–Kier alpha value is -1.95. The molecular weight excluding hydrogens is 478 g/mol. The standard InChI is InChI=1S/C31H45N3S2/c1-8-33(9-2)28-23-27-26-22-25(35-29(26)31(6,7)30(27)36-28)15-14-24-16-19-32(20-17-24)18-13-21-34(10-3,11-4)12-5/h14-17,19-20,22-23H,8-13,18,21H2,1-7H3/q+2/b15-14+. The number of hydrogen-bond donors (Lipinski definition) is 0. The molecule has 194 valence electrons. The molecule has 0 saturated carbocycles. The van der Waals surface area contributed by atoms with Gasteiger partial charge >= 0.3 is 0 Å². The number of fused-ring (bicyclic) bond motifs is 3. The number of rotatable bonds is 12. The first-order valence-electron chi connectivity index (χ1n) is 13.9. The highest BCUT2D eigenvalue weighted by Gasteiger charge is 2.40. The zero-order valence-electron chi connectivity index (χ0n) is 23.4. The van der Waals surface area contributed by atoms with E-state index in [1.165, 1.54) is 73.4 Å². The van der Waals surface area contributed by atoms with E-state index < -0.39 is 0 Å². The SMILES string of the molecule is CCN(CC)c1cc2c(s1)C(C)(C)c1sc(/C=C/c3cc[n+](CCC[N+](CC)(CC)CC)cc3)cc1-2. The molecule has 0 spiro atoms. The van der Waals surface area contributed by atoms with Gasteiger partial charge in [-0.1, -0.05) is 19.9 Å². The van der Waals surface area contributed by atoms with Crippen LogP contribution in [0.4, 0.5) is 5.00 Å². The second-order valence-corrected chi connectivity index (χ2v) is 12.7. The van der Waals surface area contributed by atoms with Gasteiger partial charge in [-0.2, -0.15) is 0 Å². The highest BCUT2D eigenvalue weighted by molar-refractivity contribution is 7.18. The van der Waals surface area contributed by atoms with Crippen LogP contribution in [0.1, 0.15) is 75.1 Å². The Balaban J connectivity index is 1.44. The van der Waals surface area contributed by atoms with Gasteiger partial charge in [0.15, 0.2) is 18.9 Å². The van der Waals surface area contributed by atoms with Crippen molar-refractivity contribution in [2.75, 3.05) is 44.2 Å². The first-order chi connectivity index (χ1) is 17.3. The number of thiophene rings is 2. The van der Waals surface area contributed by atoms with Gasteiger partial charge < -0.3 is 9.38 Å². The quantitative estimate of drug-likeness (QED) is 0.174. The summed E-state index contributed by atoms with van der Waals surface area (Å²) in [6.07, 6.45) is 10.3. The number of hydrogen-bond acceptors (Lipinski definition) is 3. The van der Waals surface area contributed by atoms with Crippen LogP contribution < -0.4 is 9.47 Å². The molecular formula is C31H45N3S2+2. The third-order valence-corrected chi connectivity index (χ3v) is 11.3. The fourth-order valence-electron chi connectivity index (χ4n) is 5.63.